The molecule has 0 heterocycles. The molecule has 0 spiro atoms. The summed E-state index contributed by atoms with van der Waals surface area (Å²) < 4.78 is 37.6. The third-order valence-electron chi connectivity index (χ3n) is 3.09. The van der Waals surface area contributed by atoms with Crippen LogP contribution in [0.2, 0.25) is 0 Å². The Balaban J connectivity index is 2.15. The second-order valence-electron chi connectivity index (χ2n) is 4.85. The average Bonchev–Trinajstić information content (AvgIpc) is 3.08. The van der Waals surface area contributed by atoms with Gasteiger partial charge in [0.15, 0.2) is 0 Å². The maximum atomic E-state index is 12.5. The molecule has 2 N–H and O–H groups in total. The summed E-state index contributed by atoms with van der Waals surface area (Å²) >= 11 is 0. The van der Waals surface area contributed by atoms with Crippen molar-refractivity contribution in [3.63, 3.8) is 0 Å². The minimum atomic E-state index is -4.16. The van der Waals surface area contributed by atoms with E-state index in [1.807, 2.05) is 6.92 Å². The van der Waals surface area contributed by atoms with E-state index in [1.54, 1.807) is 24.3 Å². The zero-order valence-corrected chi connectivity index (χ0v) is 10.2. The van der Waals surface area contributed by atoms with E-state index in [9.17, 15) is 13.2 Å². The van der Waals surface area contributed by atoms with Crippen LogP contribution in [-0.2, 0) is 0 Å². The second kappa shape index (κ2) is 4.80. The molecule has 1 atom stereocenters. The molecule has 1 aliphatic rings. The normalized spacial score (nSPS) is 17.6. The Morgan fingerprint density at radius 3 is 2.22 bits per heavy atom. The fraction of sp³-hybridized carbons (Fsp3) is 0.538. The van der Waals surface area contributed by atoms with Crippen LogP contribution in [0.1, 0.15) is 31.4 Å². The van der Waals surface area contributed by atoms with Crippen LogP contribution < -0.4 is 10.6 Å². The molecule has 0 aliphatic heterocycles. The van der Waals surface area contributed by atoms with Crippen LogP contribution in [0.15, 0.2) is 24.3 Å². The van der Waals surface area contributed by atoms with Gasteiger partial charge in [-0.25, -0.2) is 0 Å². The summed E-state index contributed by atoms with van der Waals surface area (Å²) in [5.74, 6) is 0. The number of hydrogen-bond acceptors (Lipinski definition) is 2. The number of nitrogens with two attached hydrogens (primary N) is 1. The molecule has 2 nitrogen and oxygen atoms in total. The number of rotatable bonds is 4. The van der Waals surface area contributed by atoms with Crippen LogP contribution >= 0.6 is 0 Å². The molecule has 0 aromatic heterocycles. The summed E-state index contributed by atoms with van der Waals surface area (Å²) in [6.45, 7) is 0.971. The Morgan fingerprint density at radius 2 is 1.83 bits per heavy atom. The molecule has 2 rings (SSSR count). The van der Waals surface area contributed by atoms with Crippen LogP contribution in [-0.4, -0.2) is 18.8 Å². The lowest BCUT2D eigenvalue weighted by Gasteiger charge is -2.26. The first-order valence-corrected chi connectivity index (χ1v) is 6.06. The summed E-state index contributed by atoms with van der Waals surface area (Å²) in [4.78, 5) is 1.44. The Bertz CT molecular complexity index is 394. The third-order valence-corrected chi connectivity index (χ3v) is 3.09. The van der Waals surface area contributed by atoms with E-state index < -0.39 is 12.7 Å². The molecule has 100 valence electrons. The summed E-state index contributed by atoms with van der Waals surface area (Å²) in [6, 6.07) is 6.98. The number of nitrogens with zero attached hydrogens (tertiary/aromatic N) is 1. The van der Waals surface area contributed by atoms with Gasteiger partial charge in [0.2, 0.25) is 0 Å². The van der Waals surface area contributed by atoms with E-state index in [2.05, 4.69) is 0 Å². The van der Waals surface area contributed by atoms with E-state index in [4.69, 9.17) is 5.73 Å². The van der Waals surface area contributed by atoms with Crippen molar-refractivity contribution >= 4 is 5.69 Å². The van der Waals surface area contributed by atoms with Gasteiger partial charge >= 0.3 is 6.18 Å². The molecule has 18 heavy (non-hydrogen) atoms. The maximum Gasteiger partial charge on any atom is 0.405 e. The van der Waals surface area contributed by atoms with Crippen molar-refractivity contribution < 1.29 is 13.2 Å². The molecule has 1 saturated carbocycles. The number of anilines is 1. The van der Waals surface area contributed by atoms with Gasteiger partial charge in [-0.15, -0.1) is 0 Å². The van der Waals surface area contributed by atoms with Crippen LogP contribution in [0, 0.1) is 0 Å². The molecule has 5 heteroatoms. The lowest BCUT2D eigenvalue weighted by molar-refractivity contribution is -0.120. The Hall–Kier alpha value is -1.23. The highest BCUT2D eigenvalue weighted by molar-refractivity contribution is 5.50. The smallest absolute Gasteiger partial charge is 0.360 e. The van der Waals surface area contributed by atoms with E-state index in [1.165, 1.54) is 4.90 Å². The maximum absolute atomic E-state index is 12.5. The Morgan fingerprint density at radius 1 is 1.28 bits per heavy atom. The van der Waals surface area contributed by atoms with Crippen molar-refractivity contribution in [1.82, 2.24) is 0 Å². The zero-order chi connectivity index (χ0) is 13.3. The number of hydrogen-bond donors (Lipinski definition) is 1. The highest BCUT2D eigenvalue weighted by Gasteiger charge is 2.38. The molecule has 0 radical (unpaired) electrons. The van der Waals surface area contributed by atoms with Gasteiger partial charge in [-0.1, -0.05) is 12.1 Å². The minimum absolute atomic E-state index is 0.0350. The molecular weight excluding hydrogens is 241 g/mol. The van der Waals surface area contributed by atoms with Crippen molar-refractivity contribution in [3.05, 3.63) is 29.8 Å². The van der Waals surface area contributed by atoms with Crippen LogP contribution in [0.3, 0.4) is 0 Å². The second-order valence-corrected chi connectivity index (χ2v) is 4.85. The molecule has 1 unspecified atom stereocenters. The van der Waals surface area contributed by atoms with Crippen molar-refractivity contribution in [3.8, 4) is 0 Å². The van der Waals surface area contributed by atoms with Crippen LogP contribution in [0.5, 0.6) is 0 Å². The zero-order valence-electron chi connectivity index (χ0n) is 10.2. The highest BCUT2D eigenvalue weighted by atomic mass is 19.4. The van der Waals surface area contributed by atoms with Gasteiger partial charge in [-0.05, 0) is 37.5 Å². The van der Waals surface area contributed by atoms with Gasteiger partial charge in [0.05, 0.1) is 0 Å². The predicted octanol–water partition coefficient (Wildman–Crippen LogP) is 3.24. The van der Waals surface area contributed by atoms with Crippen molar-refractivity contribution in [2.75, 3.05) is 11.4 Å². The van der Waals surface area contributed by atoms with E-state index in [-0.39, 0.29) is 12.1 Å². The molecule has 0 amide bonds. The average molecular weight is 258 g/mol. The van der Waals surface area contributed by atoms with Gasteiger partial charge in [0.1, 0.15) is 6.54 Å². The standard InChI is InChI=1S/C13H17F3N2/c1-9(17)10-2-4-11(5-3-10)18(12-6-7-12)8-13(14,15)16/h2-5,9,12H,6-8,17H2,1H3. The predicted molar refractivity (Wildman–Crippen MR) is 65.5 cm³/mol. The monoisotopic (exact) mass is 258 g/mol. The summed E-state index contributed by atoms with van der Waals surface area (Å²) in [6.07, 6.45) is -2.49. The van der Waals surface area contributed by atoms with Crippen molar-refractivity contribution in [2.45, 2.75) is 38.0 Å². The minimum Gasteiger partial charge on any atom is -0.360 e. The van der Waals surface area contributed by atoms with E-state index in [0.717, 1.165) is 18.4 Å². The number of benzene rings is 1. The van der Waals surface area contributed by atoms with Crippen molar-refractivity contribution in [1.29, 1.82) is 0 Å². The molecular formula is C13H17F3N2. The molecule has 0 saturated heterocycles. The first-order valence-electron chi connectivity index (χ1n) is 6.06. The Labute approximate surface area is 105 Å². The SMILES string of the molecule is CC(N)c1ccc(N(CC(F)(F)F)C2CC2)cc1. The first-order chi connectivity index (χ1) is 8.37. The third kappa shape index (κ3) is 3.38. The fourth-order valence-corrected chi connectivity index (χ4v) is 1.98. The van der Waals surface area contributed by atoms with Gasteiger partial charge in [-0.2, -0.15) is 13.2 Å². The largest absolute Gasteiger partial charge is 0.405 e. The van der Waals surface area contributed by atoms with Gasteiger partial charge in [-0.3, -0.25) is 0 Å². The van der Waals surface area contributed by atoms with Crippen LogP contribution in [0.4, 0.5) is 18.9 Å². The topological polar surface area (TPSA) is 29.3 Å². The number of halogens is 3. The van der Waals surface area contributed by atoms with Crippen molar-refractivity contribution in [2.24, 2.45) is 5.73 Å². The lowest BCUT2D eigenvalue weighted by Crippen LogP contribution is -2.35. The summed E-state index contributed by atoms with van der Waals surface area (Å²) in [5.41, 5.74) is 7.28. The number of alkyl halides is 3. The van der Waals surface area contributed by atoms with Gasteiger partial charge in [0, 0.05) is 17.8 Å². The van der Waals surface area contributed by atoms with E-state index >= 15 is 0 Å². The molecule has 1 aromatic carbocycles. The van der Waals surface area contributed by atoms with Crippen LogP contribution in [0.25, 0.3) is 0 Å². The van der Waals surface area contributed by atoms with Gasteiger partial charge < -0.3 is 10.6 Å². The lowest BCUT2D eigenvalue weighted by atomic mass is 10.1. The highest BCUT2D eigenvalue weighted by Crippen LogP contribution is 2.34. The molecule has 1 fully saturated rings. The van der Waals surface area contributed by atoms with E-state index in [0.29, 0.717) is 5.69 Å². The summed E-state index contributed by atoms with van der Waals surface area (Å²) in [7, 11) is 0. The summed E-state index contributed by atoms with van der Waals surface area (Å²) in [5, 5.41) is 0. The molecule has 0 bridgehead atoms. The molecule has 1 aliphatic carbocycles. The fourth-order valence-electron chi connectivity index (χ4n) is 1.98. The Kier molecular flexibility index (Phi) is 3.52. The first kappa shape index (κ1) is 13.2. The quantitative estimate of drug-likeness (QED) is 0.898. The van der Waals surface area contributed by atoms with Gasteiger partial charge in [0.25, 0.3) is 0 Å². The molecule has 1 aromatic rings.